The molecule has 1 aromatic carbocycles. The van der Waals surface area contributed by atoms with Gasteiger partial charge in [0.25, 0.3) is 5.69 Å². The molecule has 1 aliphatic heterocycles. The number of hydrogen-bond donors (Lipinski definition) is 1. The van der Waals surface area contributed by atoms with Crippen LogP contribution >= 0.6 is 11.8 Å². The van der Waals surface area contributed by atoms with Gasteiger partial charge in [0.15, 0.2) is 0 Å². The third-order valence-corrected chi connectivity index (χ3v) is 4.39. The van der Waals surface area contributed by atoms with Crippen LogP contribution in [0.2, 0.25) is 0 Å². The second kappa shape index (κ2) is 7.50. The van der Waals surface area contributed by atoms with Gasteiger partial charge >= 0.3 is 0 Å². The summed E-state index contributed by atoms with van der Waals surface area (Å²) in [6.45, 7) is 5.71. The molecule has 1 aliphatic rings. The van der Waals surface area contributed by atoms with Gasteiger partial charge in [0.05, 0.1) is 4.92 Å². The lowest BCUT2D eigenvalue weighted by Gasteiger charge is -2.19. The molecule has 0 aliphatic carbocycles. The van der Waals surface area contributed by atoms with E-state index in [1.54, 1.807) is 6.07 Å². The van der Waals surface area contributed by atoms with Crippen LogP contribution in [0.4, 0.5) is 11.4 Å². The third kappa shape index (κ3) is 4.11. The highest BCUT2D eigenvalue weighted by molar-refractivity contribution is 7.99. The van der Waals surface area contributed by atoms with Crippen LogP contribution in [0.15, 0.2) is 18.2 Å². The normalized spacial score (nSPS) is 16.6. The van der Waals surface area contributed by atoms with Crippen molar-refractivity contribution >= 4 is 23.1 Å². The van der Waals surface area contributed by atoms with Crippen LogP contribution in [0, 0.1) is 10.1 Å². The Morgan fingerprint density at radius 3 is 3.00 bits per heavy atom. The van der Waals surface area contributed by atoms with Crippen molar-refractivity contribution in [2.45, 2.75) is 19.9 Å². The predicted octanol–water partition coefficient (Wildman–Crippen LogP) is 2.97. The van der Waals surface area contributed by atoms with Gasteiger partial charge in [0, 0.05) is 31.5 Å². The van der Waals surface area contributed by atoms with Crippen LogP contribution in [-0.4, -0.2) is 41.0 Å². The molecular weight excluding hydrogens is 274 g/mol. The van der Waals surface area contributed by atoms with Crippen LogP contribution < -0.4 is 5.32 Å². The van der Waals surface area contributed by atoms with E-state index in [2.05, 4.69) is 10.2 Å². The number of hydrogen-bond acceptors (Lipinski definition) is 5. The van der Waals surface area contributed by atoms with Gasteiger partial charge in [-0.25, -0.2) is 0 Å². The van der Waals surface area contributed by atoms with Crippen molar-refractivity contribution in [2.75, 3.05) is 36.5 Å². The summed E-state index contributed by atoms with van der Waals surface area (Å²) in [5.41, 5.74) is 1.92. The highest BCUT2D eigenvalue weighted by Gasteiger charge is 2.15. The molecule has 0 unspecified atom stereocenters. The Bertz CT molecular complexity index is 460. The molecule has 0 spiro atoms. The molecule has 0 saturated carbocycles. The van der Waals surface area contributed by atoms with E-state index < -0.39 is 0 Å². The Labute approximate surface area is 123 Å². The van der Waals surface area contributed by atoms with Gasteiger partial charge in [-0.3, -0.25) is 15.0 Å². The minimum atomic E-state index is -0.329. The minimum absolute atomic E-state index is 0.155. The van der Waals surface area contributed by atoms with Gasteiger partial charge in [-0.1, -0.05) is 6.07 Å². The summed E-state index contributed by atoms with van der Waals surface area (Å²) in [5.74, 6) is 2.41. The fourth-order valence-electron chi connectivity index (χ4n) is 2.39. The fourth-order valence-corrected chi connectivity index (χ4v) is 3.31. The minimum Gasteiger partial charge on any atom is -0.380 e. The highest BCUT2D eigenvalue weighted by Crippen LogP contribution is 2.26. The summed E-state index contributed by atoms with van der Waals surface area (Å²) >= 11 is 2.00. The molecule has 110 valence electrons. The molecule has 1 heterocycles. The molecule has 0 amide bonds. The largest absolute Gasteiger partial charge is 0.380 e. The zero-order valence-electron chi connectivity index (χ0n) is 11.8. The Balaban J connectivity index is 2.11. The Morgan fingerprint density at radius 1 is 1.40 bits per heavy atom. The maximum Gasteiger partial charge on any atom is 0.292 e. The van der Waals surface area contributed by atoms with Crippen molar-refractivity contribution in [1.82, 2.24) is 4.90 Å². The second-order valence-corrected chi connectivity index (χ2v) is 6.11. The number of anilines is 1. The first-order chi connectivity index (χ1) is 9.70. The zero-order valence-corrected chi connectivity index (χ0v) is 12.6. The van der Waals surface area contributed by atoms with E-state index in [1.165, 1.54) is 17.9 Å². The topological polar surface area (TPSA) is 58.4 Å². The maximum atomic E-state index is 11.0. The van der Waals surface area contributed by atoms with Crippen molar-refractivity contribution in [3.8, 4) is 0 Å². The lowest BCUT2D eigenvalue weighted by atomic mass is 10.1. The van der Waals surface area contributed by atoms with Gasteiger partial charge in [0.2, 0.25) is 0 Å². The van der Waals surface area contributed by atoms with Crippen molar-refractivity contribution in [2.24, 2.45) is 0 Å². The van der Waals surface area contributed by atoms with Crippen molar-refractivity contribution < 1.29 is 4.92 Å². The van der Waals surface area contributed by atoms with E-state index in [4.69, 9.17) is 0 Å². The van der Waals surface area contributed by atoms with Gasteiger partial charge in [-0.05, 0) is 37.3 Å². The van der Waals surface area contributed by atoms with Crippen molar-refractivity contribution in [3.63, 3.8) is 0 Å². The molecule has 20 heavy (non-hydrogen) atoms. The maximum absolute atomic E-state index is 11.0. The first kappa shape index (κ1) is 15.1. The summed E-state index contributed by atoms with van der Waals surface area (Å²) in [4.78, 5) is 13.1. The quantitative estimate of drug-likeness (QED) is 0.668. The molecule has 0 radical (unpaired) electrons. The average molecular weight is 295 g/mol. The lowest BCUT2D eigenvalue weighted by Crippen LogP contribution is -2.25. The SMILES string of the molecule is CCNc1cc(CN2CCCSCC2)ccc1[N+](=O)[O-]. The number of nitro groups is 1. The van der Waals surface area contributed by atoms with Gasteiger partial charge in [0.1, 0.15) is 5.69 Å². The van der Waals surface area contributed by atoms with Gasteiger partial charge in [-0.15, -0.1) is 0 Å². The van der Waals surface area contributed by atoms with E-state index in [1.807, 2.05) is 30.8 Å². The van der Waals surface area contributed by atoms with E-state index in [0.717, 1.165) is 25.2 Å². The highest BCUT2D eigenvalue weighted by atomic mass is 32.2. The van der Waals surface area contributed by atoms with Crippen molar-refractivity contribution in [1.29, 1.82) is 0 Å². The molecule has 1 aromatic rings. The third-order valence-electron chi connectivity index (χ3n) is 3.35. The lowest BCUT2D eigenvalue weighted by molar-refractivity contribution is -0.384. The van der Waals surface area contributed by atoms with Crippen LogP contribution in [0.25, 0.3) is 0 Å². The summed E-state index contributed by atoms with van der Waals surface area (Å²) in [6.07, 6.45) is 1.22. The number of nitrogens with zero attached hydrogens (tertiary/aromatic N) is 2. The van der Waals surface area contributed by atoms with Gasteiger partial charge in [-0.2, -0.15) is 11.8 Å². The monoisotopic (exact) mass is 295 g/mol. The van der Waals surface area contributed by atoms with Gasteiger partial charge < -0.3 is 5.32 Å². The summed E-state index contributed by atoms with van der Waals surface area (Å²) in [7, 11) is 0. The molecular formula is C14H21N3O2S. The van der Waals surface area contributed by atoms with Crippen LogP contribution in [0.3, 0.4) is 0 Å². The summed E-state index contributed by atoms with van der Waals surface area (Å²) in [5, 5.41) is 14.1. The molecule has 6 heteroatoms. The number of nitro benzene ring substituents is 1. The summed E-state index contributed by atoms with van der Waals surface area (Å²) < 4.78 is 0. The molecule has 1 N–H and O–H groups in total. The molecule has 0 bridgehead atoms. The Kier molecular flexibility index (Phi) is 5.67. The predicted molar refractivity (Wildman–Crippen MR) is 84.5 cm³/mol. The number of nitrogens with one attached hydrogen (secondary N) is 1. The molecule has 1 saturated heterocycles. The van der Waals surface area contributed by atoms with Crippen LogP contribution in [0.5, 0.6) is 0 Å². The Morgan fingerprint density at radius 2 is 2.25 bits per heavy atom. The zero-order chi connectivity index (χ0) is 14.4. The number of thioether (sulfide) groups is 1. The van der Waals surface area contributed by atoms with E-state index in [0.29, 0.717) is 12.2 Å². The standard InChI is InChI=1S/C14H21N3O2S/c1-2-15-13-10-12(4-5-14(13)17(18)19)11-16-6-3-8-20-9-7-16/h4-5,10,15H,2-3,6-9,11H2,1H3. The molecule has 1 fully saturated rings. The number of benzene rings is 1. The molecule has 2 rings (SSSR count). The molecule has 0 aromatic heterocycles. The molecule has 0 atom stereocenters. The smallest absolute Gasteiger partial charge is 0.292 e. The molecule has 5 nitrogen and oxygen atoms in total. The van der Waals surface area contributed by atoms with Crippen molar-refractivity contribution in [3.05, 3.63) is 33.9 Å². The van der Waals surface area contributed by atoms with E-state index >= 15 is 0 Å². The van der Waals surface area contributed by atoms with E-state index in [-0.39, 0.29) is 10.6 Å². The van der Waals surface area contributed by atoms with Crippen LogP contribution in [0.1, 0.15) is 18.9 Å². The average Bonchev–Trinajstić information content (AvgIpc) is 2.68. The first-order valence-electron chi connectivity index (χ1n) is 7.02. The first-order valence-corrected chi connectivity index (χ1v) is 8.17. The fraction of sp³-hybridized carbons (Fsp3) is 0.571. The van der Waals surface area contributed by atoms with Crippen LogP contribution in [-0.2, 0) is 6.54 Å². The second-order valence-electron chi connectivity index (χ2n) is 4.88. The summed E-state index contributed by atoms with van der Waals surface area (Å²) in [6, 6.07) is 5.40. The Hall–Kier alpha value is -1.27. The van der Waals surface area contributed by atoms with E-state index in [9.17, 15) is 10.1 Å². The number of rotatable bonds is 5.